The minimum atomic E-state index is -0.825. The average Bonchev–Trinajstić information content (AvgIpc) is 2.83. The van der Waals surface area contributed by atoms with Crippen molar-refractivity contribution in [3.05, 3.63) is 23.4 Å². The van der Waals surface area contributed by atoms with Crippen LogP contribution < -0.4 is 5.73 Å². The zero-order chi connectivity index (χ0) is 9.76. The summed E-state index contributed by atoms with van der Waals surface area (Å²) in [4.78, 5) is 4.24. The lowest BCUT2D eigenvalue weighted by Crippen LogP contribution is -2.28. The Kier molecular flexibility index (Phi) is 1.44. The summed E-state index contributed by atoms with van der Waals surface area (Å²) in [5, 5.41) is 9.72. The van der Waals surface area contributed by atoms with Gasteiger partial charge in [0.2, 0.25) is 0 Å². The molecule has 0 amide bonds. The number of nitrogens with zero attached hydrogens (tertiary/aromatic N) is 1. The number of anilines is 1. The molecule has 1 aliphatic carbocycles. The molecule has 1 fully saturated rings. The third kappa shape index (κ3) is 1.11. The molecule has 14 heavy (non-hydrogen) atoms. The first-order valence-electron chi connectivity index (χ1n) is 4.80. The van der Waals surface area contributed by atoms with Gasteiger partial charge >= 0.3 is 0 Å². The Labute approximate surface area is 81.7 Å². The summed E-state index contributed by atoms with van der Waals surface area (Å²) in [6, 6.07) is 3.48. The molecule has 1 saturated carbocycles. The summed E-state index contributed by atoms with van der Waals surface area (Å²) in [6.45, 7) is 0. The van der Waals surface area contributed by atoms with Gasteiger partial charge in [-0.3, -0.25) is 0 Å². The number of aromatic nitrogens is 1. The van der Waals surface area contributed by atoms with Crippen molar-refractivity contribution in [3.63, 3.8) is 0 Å². The van der Waals surface area contributed by atoms with Gasteiger partial charge in [-0.1, -0.05) is 0 Å². The van der Waals surface area contributed by atoms with Gasteiger partial charge in [-0.2, -0.15) is 0 Å². The van der Waals surface area contributed by atoms with E-state index in [0.29, 0.717) is 5.82 Å². The molecule has 1 spiro atoms. The molecule has 4 heteroatoms. The molecule has 2 heterocycles. The number of hydrogen-bond acceptors (Lipinski definition) is 4. The Balaban J connectivity index is 2.06. The second-order valence-electron chi connectivity index (χ2n) is 4.10. The predicted octanol–water partition coefficient (Wildman–Crippen LogP) is 0.760. The fraction of sp³-hybridized carbons (Fsp3) is 0.500. The standard InChI is InChI=1S/C10H12N2O2/c11-8-2-1-6-7(12-8)5-10(3-4-10)14-9(6)13/h1-2,9,13H,3-5H2,(H2,11,12). The third-order valence-corrected chi connectivity index (χ3v) is 2.96. The summed E-state index contributed by atoms with van der Waals surface area (Å²) in [7, 11) is 0. The SMILES string of the molecule is Nc1ccc2c(n1)CC1(CC1)OC2O. The second-order valence-corrected chi connectivity index (χ2v) is 4.10. The van der Waals surface area contributed by atoms with E-state index >= 15 is 0 Å². The van der Waals surface area contributed by atoms with Crippen LogP contribution in [-0.4, -0.2) is 15.7 Å². The van der Waals surface area contributed by atoms with Crippen molar-refractivity contribution < 1.29 is 9.84 Å². The fourth-order valence-electron chi connectivity index (χ4n) is 1.98. The Morgan fingerprint density at radius 2 is 2.29 bits per heavy atom. The van der Waals surface area contributed by atoms with E-state index in [1.807, 2.05) is 0 Å². The highest BCUT2D eigenvalue weighted by Crippen LogP contribution is 2.48. The lowest BCUT2D eigenvalue weighted by Gasteiger charge is -2.28. The van der Waals surface area contributed by atoms with E-state index in [0.717, 1.165) is 30.5 Å². The van der Waals surface area contributed by atoms with Gasteiger partial charge < -0.3 is 15.6 Å². The molecule has 4 nitrogen and oxygen atoms in total. The first-order valence-corrected chi connectivity index (χ1v) is 4.80. The van der Waals surface area contributed by atoms with Gasteiger partial charge in [0.05, 0.1) is 11.3 Å². The summed E-state index contributed by atoms with van der Waals surface area (Å²) < 4.78 is 5.53. The Hall–Kier alpha value is -1.13. The third-order valence-electron chi connectivity index (χ3n) is 2.96. The maximum absolute atomic E-state index is 9.72. The molecule has 1 aromatic rings. The summed E-state index contributed by atoms with van der Waals surface area (Å²) >= 11 is 0. The number of ether oxygens (including phenoxy) is 1. The Bertz CT molecular complexity index is 388. The van der Waals surface area contributed by atoms with Crippen LogP contribution in [0.1, 0.15) is 30.4 Å². The zero-order valence-corrected chi connectivity index (χ0v) is 7.73. The number of aliphatic hydroxyl groups is 1. The van der Waals surface area contributed by atoms with Gasteiger partial charge in [-0.05, 0) is 25.0 Å². The molecular formula is C10H12N2O2. The molecule has 1 aliphatic heterocycles. The number of aliphatic hydroxyl groups excluding tert-OH is 1. The van der Waals surface area contributed by atoms with E-state index in [1.54, 1.807) is 12.1 Å². The quantitative estimate of drug-likeness (QED) is 0.636. The van der Waals surface area contributed by atoms with E-state index in [4.69, 9.17) is 10.5 Å². The van der Waals surface area contributed by atoms with E-state index in [-0.39, 0.29) is 5.60 Å². The van der Waals surface area contributed by atoms with E-state index in [9.17, 15) is 5.11 Å². The number of nitrogen functional groups attached to an aromatic ring is 1. The van der Waals surface area contributed by atoms with Crippen molar-refractivity contribution in [1.82, 2.24) is 4.98 Å². The van der Waals surface area contributed by atoms with Crippen LogP contribution in [0.4, 0.5) is 5.82 Å². The maximum atomic E-state index is 9.72. The highest BCUT2D eigenvalue weighted by molar-refractivity contribution is 5.37. The van der Waals surface area contributed by atoms with Crippen LogP contribution in [0.3, 0.4) is 0 Å². The molecule has 0 radical (unpaired) electrons. The van der Waals surface area contributed by atoms with Crippen LogP contribution in [0.5, 0.6) is 0 Å². The van der Waals surface area contributed by atoms with Gasteiger partial charge in [-0.15, -0.1) is 0 Å². The Morgan fingerprint density at radius 1 is 1.50 bits per heavy atom. The predicted molar refractivity (Wildman–Crippen MR) is 50.4 cm³/mol. The number of fused-ring (bicyclic) bond motifs is 1. The molecule has 3 rings (SSSR count). The molecule has 0 aromatic carbocycles. The van der Waals surface area contributed by atoms with Crippen LogP contribution in [0.15, 0.2) is 12.1 Å². The van der Waals surface area contributed by atoms with Crippen molar-refractivity contribution in [2.24, 2.45) is 0 Å². The van der Waals surface area contributed by atoms with Crippen molar-refractivity contribution in [2.45, 2.75) is 31.2 Å². The molecule has 3 N–H and O–H groups in total. The Morgan fingerprint density at radius 3 is 3.00 bits per heavy atom. The average molecular weight is 192 g/mol. The highest BCUT2D eigenvalue weighted by Gasteiger charge is 2.49. The second kappa shape index (κ2) is 2.46. The lowest BCUT2D eigenvalue weighted by atomic mass is 10.0. The molecule has 2 aliphatic rings. The van der Waals surface area contributed by atoms with Crippen LogP contribution in [-0.2, 0) is 11.2 Å². The van der Waals surface area contributed by atoms with E-state index in [1.165, 1.54) is 0 Å². The van der Waals surface area contributed by atoms with Gasteiger partial charge in [-0.25, -0.2) is 4.98 Å². The molecule has 1 unspecified atom stereocenters. The van der Waals surface area contributed by atoms with Crippen molar-refractivity contribution in [2.75, 3.05) is 5.73 Å². The number of rotatable bonds is 0. The van der Waals surface area contributed by atoms with Gasteiger partial charge in [0.15, 0.2) is 6.29 Å². The molecular weight excluding hydrogens is 180 g/mol. The van der Waals surface area contributed by atoms with E-state index in [2.05, 4.69) is 4.98 Å². The van der Waals surface area contributed by atoms with Crippen LogP contribution in [0.2, 0.25) is 0 Å². The maximum Gasteiger partial charge on any atom is 0.183 e. The topological polar surface area (TPSA) is 68.4 Å². The van der Waals surface area contributed by atoms with Gasteiger partial charge in [0.25, 0.3) is 0 Å². The normalized spacial score (nSPS) is 27.4. The zero-order valence-electron chi connectivity index (χ0n) is 7.73. The molecule has 1 atom stereocenters. The van der Waals surface area contributed by atoms with Crippen LogP contribution in [0.25, 0.3) is 0 Å². The highest BCUT2D eigenvalue weighted by atomic mass is 16.6. The largest absolute Gasteiger partial charge is 0.384 e. The first kappa shape index (κ1) is 8.20. The summed E-state index contributed by atoms with van der Waals surface area (Å²) in [5.41, 5.74) is 7.12. The molecule has 0 saturated heterocycles. The summed E-state index contributed by atoms with van der Waals surface area (Å²) in [6.07, 6.45) is 1.99. The minimum absolute atomic E-state index is 0.132. The molecule has 0 bridgehead atoms. The van der Waals surface area contributed by atoms with Crippen LogP contribution >= 0.6 is 0 Å². The fourth-order valence-corrected chi connectivity index (χ4v) is 1.98. The first-order chi connectivity index (χ1) is 6.69. The van der Waals surface area contributed by atoms with E-state index < -0.39 is 6.29 Å². The minimum Gasteiger partial charge on any atom is -0.384 e. The van der Waals surface area contributed by atoms with Gasteiger partial charge in [0.1, 0.15) is 5.82 Å². The number of nitrogens with two attached hydrogens (primary N) is 1. The van der Waals surface area contributed by atoms with Crippen molar-refractivity contribution in [1.29, 1.82) is 0 Å². The number of pyridine rings is 1. The van der Waals surface area contributed by atoms with Crippen LogP contribution in [0, 0.1) is 0 Å². The smallest absolute Gasteiger partial charge is 0.183 e. The van der Waals surface area contributed by atoms with Crippen molar-refractivity contribution >= 4 is 5.82 Å². The molecule has 74 valence electrons. The van der Waals surface area contributed by atoms with Crippen molar-refractivity contribution in [3.8, 4) is 0 Å². The summed E-state index contributed by atoms with van der Waals surface area (Å²) in [5.74, 6) is 0.508. The number of hydrogen-bond donors (Lipinski definition) is 2. The van der Waals surface area contributed by atoms with Gasteiger partial charge in [0, 0.05) is 12.0 Å². The lowest BCUT2D eigenvalue weighted by molar-refractivity contribution is -0.161. The monoisotopic (exact) mass is 192 g/mol. The molecule has 1 aromatic heterocycles.